The molecule has 0 N–H and O–H groups in total. The van der Waals surface area contributed by atoms with E-state index >= 15 is 0 Å². The minimum atomic E-state index is -0.640. The Morgan fingerprint density at radius 2 is 1.59 bits per heavy atom. The predicted molar refractivity (Wildman–Crippen MR) is 66.6 cm³/mol. The van der Waals surface area contributed by atoms with Gasteiger partial charge in [-0.25, -0.2) is 4.79 Å². The van der Waals surface area contributed by atoms with E-state index in [-0.39, 0.29) is 18.2 Å². The summed E-state index contributed by atoms with van der Waals surface area (Å²) in [6.45, 7) is 7.46. The van der Waals surface area contributed by atoms with Crippen LogP contribution in [0.3, 0.4) is 0 Å². The maximum atomic E-state index is 11.9. The summed E-state index contributed by atoms with van der Waals surface area (Å²) < 4.78 is 10.8. The van der Waals surface area contributed by atoms with Gasteiger partial charge in [-0.3, -0.25) is 0 Å². The van der Waals surface area contributed by atoms with E-state index < -0.39 is 6.10 Å². The van der Waals surface area contributed by atoms with Crippen LogP contribution in [0.2, 0.25) is 0 Å². The second-order valence-electron chi connectivity index (χ2n) is 4.46. The van der Waals surface area contributed by atoms with E-state index in [4.69, 9.17) is 9.47 Å². The molecule has 0 bridgehead atoms. The van der Waals surface area contributed by atoms with Gasteiger partial charge in [0.1, 0.15) is 0 Å². The zero-order valence-electron chi connectivity index (χ0n) is 10.8. The van der Waals surface area contributed by atoms with Crippen LogP contribution in [0.1, 0.15) is 39.4 Å². The fourth-order valence-electron chi connectivity index (χ4n) is 1.46. The van der Waals surface area contributed by atoms with Crippen molar-refractivity contribution in [1.29, 1.82) is 0 Å². The normalized spacial score (nSPS) is 12.8. The van der Waals surface area contributed by atoms with E-state index in [9.17, 15) is 4.79 Å². The molecule has 0 aromatic heterocycles. The van der Waals surface area contributed by atoms with Crippen molar-refractivity contribution in [2.24, 2.45) is 0 Å². The van der Waals surface area contributed by atoms with E-state index in [1.165, 1.54) is 0 Å². The van der Waals surface area contributed by atoms with Crippen molar-refractivity contribution in [3.8, 4) is 0 Å². The van der Waals surface area contributed by atoms with Crippen LogP contribution < -0.4 is 0 Å². The fourth-order valence-corrected chi connectivity index (χ4v) is 1.46. The summed E-state index contributed by atoms with van der Waals surface area (Å²) in [7, 11) is 0. The van der Waals surface area contributed by atoms with Gasteiger partial charge < -0.3 is 9.47 Å². The van der Waals surface area contributed by atoms with Crippen LogP contribution >= 0.6 is 0 Å². The minimum Gasteiger partial charge on any atom is -0.461 e. The summed E-state index contributed by atoms with van der Waals surface area (Å²) >= 11 is 0. The van der Waals surface area contributed by atoms with Crippen molar-refractivity contribution in [3.63, 3.8) is 0 Å². The molecule has 0 saturated heterocycles. The maximum absolute atomic E-state index is 11.9. The van der Waals surface area contributed by atoms with Crippen LogP contribution in [0.5, 0.6) is 0 Å². The quantitative estimate of drug-likeness (QED) is 0.737. The first-order valence-corrected chi connectivity index (χ1v) is 5.91. The molecule has 0 amide bonds. The molecule has 1 atom stereocenters. The minimum absolute atomic E-state index is 0.0279. The Hall–Kier alpha value is -1.35. The molecule has 0 aliphatic rings. The molecule has 1 unspecified atom stereocenters. The molecule has 0 radical (unpaired) electrons. The summed E-state index contributed by atoms with van der Waals surface area (Å²) in [6.07, 6.45) is -0.803. The number of benzene rings is 1. The molecule has 0 spiro atoms. The molecule has 3 nitrogen and oxygen atoms in total. The van der Waals surface area contributed by atoms with Gasteiger partial charge in [0.25, 0.3) is 0 Å². The van der Waals surface area contributed by atoms with Crippen molar-refractivity contribution in [2.75, 3.05) is 0 Å². The monoisotopic (exact) mass is 236 g/mol. The number of hydrogen-bond donors (Lipinski definition) is 0. The van der Waals surface area contributed by atoms with Gasteiger partial charge >= 0.3 is 5.97 Å². The van der Waals surface area contributed by atoms with Crippen LogP contribution in [0.15, 0.2) is 30.3 Å². The second-order valence-corrected chi connectivity index (χ2v) is 4.46. The smallest absolute Gasteiger partial charge is 0.340 e. The Morgan fingerprint density at radius 1 is 1.00 bits per heavy atom. The lowest BCUT2D eigenvalue weighted by Crippen LogP contribution is -2.24. The third kappa shape index (κ3) is 4.57. The van der Waals surface area contributed by atoms with Crippen LogP contribution in [-0.4, -0.2) is 18.2 Å². The maximum Gasteiger partial charge on any atom is 0.340 e. The van der Waals surface area contributed by atoms with Crippen LogP contribution in [0.25, 0.3) is 0 Å². The average molecular weight is 236 g/mol. The Morgan fingerprint density at radius 3 is 2.06 bits per heavy atom. The molecule has 1 rings (SSSR count). The van der Waals surface area contributed by atoms with Crippen molar-refractivity contribution >= 4 is 5.97 Å². The molecule has 0 fully saturated rings. The number of ether oxygens (including phenoxy) is 2. The first-order chi connectivity index (χ1) is 8.00. The van der Waals surface area contributed by atoms with Gasteiger partial charge in [-0.15, -0.1) is 0 Å². The Bertz CT molecular complexity index is 344. The Balaban J connectivity index is 2.84. The molecule has 94 valence electrons. The van der Waals surface area contributed by atoms with Crippen LogP contribution in [0, 0.1) is 0 Å². The summed E-state index contributed by atoms with van der Waals surface area (Å²) in [4.78, 5) is 11.9. The van der Waals surface area contributed by atoms with Crippen molar-refractivity contribution in [2.45, 2.75) is 46.0 Å². The highest BCUT2D eigenvalue weighted by Gasteiger charge is 2.24. The highest BCUT2D eigenvalue weighted by molar-refractivity contribution is 5.76. The molecule has 1 aromatic carbocycles. The van der Waals surface area contributed by atoms with Gasteiger partial charge in [0.2, 0.25) is 0 Å². The van der Waals surface area contributed by atoms with Gasteiger partial charge in [0.15, 0.2) is 6.10 Å². The Kier molecular flexibility index (Phi) is 5.16. The number of esters is 1. The predicted octanol–water partition coefficient (Wildman–Crippen LogP) is 3.10. The first-order valence-electron chi connectivity index (χ1n) is 5.91. The number of carbonyl (C=O) groups is 1. The molecular formula is C14H20O3. The molecule has 3 heteroatoms. The molecule has 0 saturated carbocycles. The summed E-state index contributed by atoms with van der Waals surface area (Å²) in [6, 6.07) is 9.41. The lowest BCUT2D eigenvalue weighted by Gasteiger charge is -2.20. The molecular weight excluding hydrogens is 216 g/mol. The van der Waals surface area contributed by atoms with Gasteiger partial charge in [-0.1, -0.05) is 30.3 Å². The first kappa shape index (κ1) is 13.7. The highest BCUT2D eigenvalue weighted by atomic mass is 16.6. The van der Waals surface area contributed by atoms with E-state index in [0.29, 0.717) is 0 Å². The lowest BCUT2D eigenvalue weighted by atomic mass is 10.1. The van der Waals surface area contributed by atoms with Gasteiger partial charge in [-0.2, -0.15) is 0 Å². The number of carbonyl (C=O) groups excluding carboxylic acids is 1. The highest BCUT2D eigenvalue weighted by Crippen LogP contribution is 2.21. The molecule has 1 aromatic rings. The van der Waals surface area contributed by atoms with Crippen molar-refractivity contribution in [3.05, 3.63) is 35.9 Å². The number of rotatable bonds is 5. The van der Waals surface area contributed by atoms with Gasteiger partial charge in [0, 0.05) is 0 Å². The third-order valence-corrected chi connectivity index (χ3v) is 2.08. The summed E-state index contributed by atoms with van der Waals surface area (Å²) in [5.41, 5.74) is 0.826. The standard InChI is InChI=1S/C14H20O3/c1-10(2)16-13(14(15)17-11(3)4)12-8-6-5-7-9-12/h5-11,13H,1-4H3. The SMILES string of the molecule is CC(C)OC(=O)C(OC(C)C)c1ccccc1. The largest absolute Gasteiger partial charge is 0.461 e. The van der Waals surface area contributed by atoms with E-state index in [1.807, 2.05) is 58.0 Å². The molecule has 0 aliphatic heterocycles. The summed E-state index contributed by atoms with van der Waals surface area (Å²) in [5.74, 6) is -0.333. The van der Waals surface area contributed by atoms with Crippen molar-refractivity contribution < 1.29 is 14.3 Å². The topological polar surface area (TPSA) is 35.5 Å². The molecule has 0 aliphatic carbocycles. The average Bonchev–Trinajstić information content (AvgIpc) is 2.25. The van der Waals surface area contributed by atoms with Crippen molar-refractivity contribution in [1.82, 2.24) is 0 Å². The molecule has 17 heavy (non-hydrogen) atoms. The van der Waals surface area contributed by atoms with E-state index in [1.54, 1.807) is 0 Å². The second kappa shape index (κ2) is 6.40. The third-order valence-electron chi connectivity index (χ3n) is 2.08. The zero-order chi connectivity index (χ0) is 12.8. The van der Waals surface area contributed by atoms with Gasteiger partial charge in [-0.05, 0) is 33.3 Å². The van der Waals surface area contributed by atoms with Gasteiger partial charge in [0.05, 0.1) is 12.2 Å². The lowest BCUT2D eigenvalue weighted by molar-refractivity contribution is -0.164. The van der Waals surface area contributed by atoms with Crippen LogP contribution in [-0.2, 0) is 14.3 Å². The fraction of sp³-hybridized carbons (Fsp3) is 0.500. The molecule has 0 heterocycles. The summed E-state index contributed by atoms with van der Waals surface area (Å²) in [5, 5.41) is 0. The number of hydrogen-bond acceptors (Lipinski definition) is 3. The van der Waals surface area contributed by atoms with E-state index in [2.05, 4.69) is 0 Å². The van der Waals surface area contributed by atoms with Crippen LogP contribution in [0.4, 0.5) is 0 Å². The Labute approximate surface area is 103 Å². The zero-order valence-corrected chi connectivity index (χ0v) is 10.8. The van der Waals surface area contributed by atoms with E-state index in [0.717, 1.165) is 5.56 Å².